The van der Waals surface area contributed by atoms with Crippen LogP contribution in [0, 0.1) is 12.3 Å². The molecule has 0 unspecified atom stereocenters. The van der Waals surface area contributed by atoms with Crippen LogP contribution < -0.4 is 11.1 Å². The molecule has 0 atom stereocenters. The summed E-state index contributed by atoms with van der Waals surface area (Å²) in [5.41, 5.74) is 6.93. The zero-order valence-electron chi connectivity index (χ0n) is 12.3. The molecular weight excluding hydrogens is 254 g/mol. The summed E-state index contributed by atoms with van der Waals surface area (Å²) < 4.78 is 0. The summed E-state index contributed by atoms with van der Waals surface area (Å²) in [4.78, 5) is 12.4. The SMILES string of the molecule is CCC(CC)(C(=O)NCc1cccc(C)c1)C(N)=NO. The number of nitrogens with zero attached hydrogens (tertiary/aromatic N) is 1. The van der Waals surface area contributed by atoms with Crippen molar-refractivity contribution in [2.75, 3.05) is 0 Å². The van der Waals surface area contributed by atoms with Crippen LogP contribution in [0.2, 0.25) is 0 Å². The van der Waals surface area contributed by atoms with Gasteiger partial charge in [0.15, 0.2) is 5.84 Å². The largest absolute Gasteiger partial charge is 0.409 e. The van der Waals surface area contributed by atoms with Crippen LogP contribution in [-0.2, 0) is 11.3 Å². The Morgan fingerprint density at radius 3 is 2.55 bits per heavy atom. The molecule has 1 rings (SSSR count). The fourth-order valence-electron chi connectivity index (χ4n) is 2.32. The second-order valence-corrected chi connectivity index (χ2v) is 4.95. The highest BCUT2D eigenvalue weighted by molar-refractivity contribution is 6.06. The topological polar surface area (TPSA) is 87.7 Å². The zero-order valence-corrected chi connectivity index (χ0v) is 12.3. The van der Waals surface area contributed by atoms with E-state index < -0.39 is 5.41 Å². The lowest BCUT2D eigenvalue weighted by molar-refractivity contribution is -0.128. The van der Waals surface area contributed by atoms with Crippen molar-refractivity contribution in [1.82, 2.24) is 5.32 Å². The minimum Gasteiger partial charge on any atom is -0.409 e. The number of carbonyl (C=O) groups excluding carboxylic acids is 1. The molecule has 0 aliphatic carbocycles. The van der Waals surface area contributed by atoms with Crippen molar-refractivity contribution in [2.45, 2.75) is 40.2 Å². The van der Waals surface area contributed by atoms with E-state index in [1.54, 1.807) is 0 Å². The zero-order chi connectivity index (χ0) is 15.2. The van der Waals surface area contributed by atoms with Crippen LogP contribution in [0.4, 0.5) is 0 Å². The van der Waals surface area contributed by atoms with Gasteiger partial charge in [-0.1, -0.05) is 48.8 Å². The number of hydrogen-bond donors (Lipinski definition) is 3. The summed E-state index contributed by atoms with van der Waals surface area (Å²) >= 11 is 0. The van der Waals surface area contributed by atoms with E-state index in [-0.39, 0.29) is 11.7 Å². The Morgan fingerprint density at radius 1 is 1.40 bits per heavy atom. The molecule has 1 aromatic rings. The fraction of sp³-hybridized carbons (Fsp3) is 0.467. The molecule has 5 heteroatoms. The maximum absolute atomic E-state index is 12.4. The minimum absolute atomic E-state index is 0.0377. The van der Waals surface area contributed by atoms with Crippen LogP contribution in [0.25, 0.3) is 0 Å². The van der Waals surface area contributed by atoms with Gasteiger partial charge >= 0.3 is 0 Å². The molecule has 0 aliphatic heterocycles. The normalized spacial score (nSPS) is 12.2. The van der Waals surface area contributed by atoms with Gasteiger partial charge in [-0.2, -0.15) is 0 Å². The van der Waals surface area contributed by atoms with Crippen LogP contribution in [0.15, 0.2) is 29.4 Å². The molecule has 1 aromatic carbocycles. The first-order chi connectivity index (χ1) is 9.50. The number of nitrogens with two attached hydrogens (primary N) is 1. The van der Waals surface area contributed by atoms with Crippen LogP contribution >= 0.6 is 0 Å². The molecule has 0 bridgehead atoms. The minimum atomic E-state index is -0.946. The summed E-state index contributed by atoms with van der Waals surface area (Å²) in [6.45, 7) is 6.15. The summed E-state index contributed by atoms with van der Waals surface area (Å²) in [7, 11) is 0. The Hall–Kier alpha value is -2.04. The lowest BCUT2D eigenvalue weighted by Crippen LogP contribution is -2.49. The Morgan fingerprint density at radius 2 is 2.05 bits per heavy atom. The number of carbonyl (C=O) groups is 1. The van der Waals surface area contributed by atoms with Gasteiger partial charge < -0.3 is 16.3 Å². The van der Waals surface area contributed by atoms with E-state index in [1.165, 1.54) is 0 Å². The van der Waals surface area contributed by atoms with Crippen LogP contribution in [-0.4, -0.2) is 17.0 Å². The molecule has 0 radical (unpaired) electrons. The van der Waals surface area contributed by atoms with Gasteiger partial charge in [0, 0.05) is 6.54 Å². The maximum Gasteiger partial charge on any atom is 0.234 e. The van der Waals surface area contributed by atoms with Gasteiger partial charge in [-0.3, -0.25) is 4.79 Å². The Kier molecular flexibility index (Phi) is 5.55. The molecule has 20 heavy (non-hydrogen) atoms. The average Bonchev–Trinajstić information content (AvgIpc) is 2.46. The molecule has 110 valence electrons. The maximum atomic E-state index is 12.4. The van der Waals surface area contributed by atoms with Gasteiger partial charge in [-0.25, -0.2) is 0 Å². The Labute approximate surface area is 119 Å². The van der Waals surface area contributed by atoms with Crippen LogP contribution in [0.3, 0.4) is 0 Å². The van der Waals surface area contributed by atoms with E-state index in [0.29, 0.717) is 19.4 Å². The van der Waals surface area contributed by atoms with Crippen LogP contribution in [0.5, 0.6) is 0 Å². The number of amides is 1. The standard InChI is InChI=1S/C15H23N3O2/c1-4-15(5-2,13(16)18-20)14(19)17-10-12-8-6-7-11(3)9-12/h6-9,20H,4-5,10H2,1-3H3,(H2,16,18)(H,17,19). The predicted molar refractivity (Wildman–Crippen MR) is 79.4 cm³/mol. The molecule has 1 amide bonds. The number of benzene rings is 1. The third kappa shape index (κ3) is 3.29. The molecule has 0 heterocycles. The van der Waals surface area contributed by atoms with E-state index in [9.17, 15) is 4.79 Å². The van der Waals surface area contributed by atoms with E-state index in [1.807, 2.05) is 45.0 Å². The number of amidine groups is 1. The number of oxime groups is 1. The van der Waals surface area contributed by atoms with Crippen molar-refractivity contribution in [3.8, 4) is 0 Å². The van der Waals surface area contributed by atoms with Gasteiger partial charge in [0.25, 0.3) is 0 Å². The number of hydrogen-bond acceptors (Lipinski definition) is 3. The van der Waals surface area contributed by atoms with Gasteiger partial charge in [0.1, 0.15) is 5.41 Å². The van der Waals surface area contributed by atoms with E-state index in [2.05, 4.69) is 10.5 Å². The quantitative estimate of drug-likeness (QED) is 0.322. The van der Waals surface area contributed by atoms with Gasteiger partial charge in [0.05, 0.1) is 0 Å². The second kappa shape index (κ2) is 6.93. The van der Waals surface area contributed by atoms with E-state index in [4.69, 9.17) is 10.9 Å². The highest BCUT2D eigenvalue weighted by atomic mass is 16.4. The lowest BCUT2D eigenvalue weighted by Gasteiger charge is -2.28. The summed E-state index contributed by atoms with van der Waals surface area (Å²) in [6.07, 6.45) is 0.970. The van der Waals surface area contributed by atoms with Gasteiger partial charge in [-0.15, -0.1) is 0 Å². The van der Waals surface area contributed by atoms with Crippen molar-refractivity contribution in [3.63, 3.8) is 0 Å². The highest BCUT2D eigenvalue weighted by Crippen LogP contribution is 2.27. The molecule has 0 saturated carbocycles. The predicted octanol–water partition coefficient (Wildman–Crippen LogP) is 2.16. The van der Waals surface area contributed by atoms with Crippen molar-refractivity contribution in [2.24, 2.45) is 16.3 Å². The first-order valence-electron chi connectivity index (χ1n) is 6.82. The molecule has 0 aliphatic rings. The fourth-order valence-corrected chi connectivity index (χ4v) is 2.32. The number of nitrogens with one attached hydrogen (secondary N) is 1. The second-order valence-electron chi connectivity index (χ2n) is 4.95. The monoisotopic (exact) mass is 277 g/mol. The molecule has 4 N–H and O–H groups in total. The summed E-state index contributed by atoms with van der Waals surface area (Å²) in [5, 5.41) is 14.8. The Bertz CT molecular complexity index is 494. The third-order valence-corrected chi connectivity index (χ3v) is 3.78. The molecule has 0 aromatic heterocycles. The molecule has 0 fully saturated rings. The van der Waals surface area contributed by atoms with Crippen LogP contribution in [0.1, 0.15) is 37.8 Å². The van der Waals surface area contributed by atoms with Gasteiger partial charge in [-0.05, 0) is 25.3 Å². The average molecular weight is 277 g/mol. The molecule has 5 nitrogen and oxygen atoms in total. The molecule has 0 saturated heterocycles. The van der Waals surface area contributed by atoms with Crippen molar-refractivity contribution < 1.29 is 10.0 Å². The first-order valence-corrected chi connectivity index (χ1v) is 6.82. The van der Waals surface area contributed by atoms with E-state index in [0.717, 1.165) is 11.1 Å². The number of rotatable bonds is 6. The molecule has 0 spiro atoms. The Balaban J connectivity index is 2.83. The van der Waals surface area contributed by atoms with Crippen molar-refractivity contribution >= 4 is 11.7 Å². The van der Waals surface area contributed by atoms with Crippen molar-refractivity contribution in [3.05, 3.63) is 35.4 Å². The van der Waals surface area contributed by atoms with Crippen molar-refractivity contribution in [1.29, 1.82) is 0 Å². The number of aryl methyl sites for hydroxylation is 1. The van der Waals surface area contributed by atoms with E-state index >= 15 is 0 Å². The first kappa shape index (κ1) is 16.0. The molecular formula is C15H23N3O2. The summed E-state index contributed by atoms with van der Waals surface area (Å²) in [6, 6.07) is 7.93. The lowest BCUT2D eigenvalue weighted by atomic mass is 9.80. The third-order valence-electron chi connectivity index (χ3n) is 3.78. The smallest absolute Gasteiger partial charge is 0.234 e. The summed E-state index contributed by atoms with van der Waals surface area (Å²) in [5.74, 6) is -0.247. The van der Waals surface area contributed by atoms with Gasteiger partial charge in [0.2, 0.25) is 5.91 Å². The highest BCUT2D eigenvalue weighted by Gasteiger charge is 2.39.